The Morgan fingerprint density at radius 1 is 1.40 bits per heavy atom. The van der Waals surface area contributed by atoms with Gasteiger partial charge in [-0.1, -0.05) is 18.5 Å². The number of ketones is 1. The van der Waals surface area contributed by atoms with Gasteiger partial charge in [-0.3, -0.25) is 9.59 Å². The highest BCUT2D eigenvalue weighted by atomic mass is 35.5. The molecule has 2 N–H and O–H groups in total. The van der Waals surface area contributed by atoms with Crippen LogP contribution >= 0.6 is 23.8 Å². The molecule has 2 rings (SSSR count). The van der Waals surface area contributed by atoms with E-state index >= 15 is 0 Å². The molecule has 7 nitrogen and oxygen atoms in total. The van der Waals surface area contributed by atoms with Crippen molar-refractivity contribution in [3.8, 4) is 6.07 Å². The Morgan fingerprint density at radius 3 is 2.52 bits per heavy atom. The number of nitriles is 1. The van der Waals surface area contributed by atoms with E-state index in [4.69, 9.17) is 28.6 Å². The van der Waals surface area contributed by atoms with Crippen molar-refractivity contribution in [1.29, 1.82) is 5.26 Å². The molecule has 3 atom stereocenters. The summed E-state index contributed by atoms with van der Waals surface area (Å²) in [5, 5.41) is 14.6. The van der Waals surface area contributed by atoms with Crippen LogP contribution in [0.3, 0.4) is 0 Å². The highest BCUT2D eigenvalue weighted by Gasteiger charge is 2.59. The molecule has 1 heterocycles. The first-order chi connectivity index (χ1) is 11.8. The number of nitrogens with one attached hydrogen (secondary N) is 2. The lowest BCUT2D eigenvalue weighted by Gasteiger charge is -2.42. The lowest BCUT2D eigenvalue weighted by Crippen LogP contribution is -2.73. The number of amides is 1. The van der Waals surface area contributed by atoms with Crippen LogP contribution in [0.2, 0.25) is 5.02 Å². The predicted octanol–water partition coefficient (Wildman–Crippen LogP) is 1.21. The van der Waals surface area contributed by atoms with E-state index in [1.54, 1.807) is 6.07 Å². The van der Waals surface area contributed by atoms with Crippen LogP contribution in [-0.4, -0.2) is 35.4 Å². The van der Waals surface area contributed by atoms with Crippen molar-refractivity contribution in [2.45, 2.75) is 12.5 Å². The maximum absolute atomic E-state index is 12.9. The SMILES string of the molecule is COC(=O)[C@]1([C@H](C)C(=O)c2ccc(Cl)cc2)NC(=S)NC(=O)[C@H]1C#N. The van der Waals surface area contributed by atoms with Crippen LogP contribution in [0.15, 0.2) is 24.3 Å². The maximum atomic E-state index is 12.9. The van der Waals surface area contributed by atoms with Gasteiger partial charge in [-0.05, 0) is 36.5 Å². The molecule has 0 radical (unpaired) electrons. The van der Waals surface area contributed by atoms with Gasteiger partial charge in [0.2, 0.25) is 5.91 Å². The minimum absolute atomic E-state index is 0.155. The van der Waals surface area contributed by atoms with Gasteiger partial charge in [-0.25, -0.2) is 4.79 Å². The van der Waals surface area contributed by atoms with Crippen molar-refractivity contribution < 1.29 is 19.1 Å². The number of carbonyl (C=O) groups excluding carboxylic acids is 3. The second-order valence-corrected chi connectivity index (χ2v) is 6.30. The van der Waals surface area contributed by atoms with Crippen LogP contribution in [0.1, 0.15) is 17.3 Å². The van der Waals surface area contributed by atoms with E-state index in [2.05, 4.69) is 10.6 Å². The summed E-state index contributed by atoms with van der Waals surface area (Å²) in [5.41, 5.74) is -1.66. The number of carbonyl (C=O) groups is 3. The number of ether oxygens (including phenoxy) is 1. The van der Waals surface area contributed by atoms with Crippen LogP contribution in [0.4, 0.5) is 0 Å². The summed E-state index contributed by atoms with van der Waals surface area (Å²) in [7, 11) is 1.11. The normalized spacial score (nSPS) is 23.7. The van der Waals surface area contributed by atoms with E-state index in [0.717, 1.165) is 7.11 Å². The molecule has 1 saturated heterocycles. The first-order valence-corrected chi connectivity index (χ1v) is 7.97. The van der Waals surface area contributed by atoms with Gasteiger partial charge in [-0.15, -0.1) is 0 Å². The van der Waals surface area contributed by atoms with E-state index in [1.807, 2.05) is 0 Å². The van der Waals surface area contributed by atoms with Crippen LogP contribution in [0.25, 0.3) is 0 Å². The molecule has 0 aliphatic carbocycles. The van der Waals surface area contributed by atoms with Gasteiger partial charge in [0.1, 0.15) is 0 Å². The second-order valence-electron chi connectivity index (χ2n) is 5.46. The topological polar surface area (TPSA) is 108 Å². The lowest BCUT2D eigenvalue weighted by molar-refractivity contribution is -0.154. The van der Waals surface area contributed by atoms with E-state index in [0.29, 0.717) is 5.02 Å². The number of methoxy groups -OCH3 is 1. The smallest absolute Gasteiger partial charge is 0.334 e. The summed E-state index contributed by atoms with van der Waals surface area (Å²) in [5.74, 6) is -4.78. The first kappa shape index (κ1) is 18.8. The molecular weight excluding hydrogens is 366 g/mol. The summed E-state index contributed by atoms with van der Waals surface area (Å²) in [6.45, 7) is 1.44. The van der Waals surface area contributed by atoms with Crippen LogP contribution in [0, 0.1) is 23.2 Å². The standard InChI is InChI=1S/C16H14ClN3O4S/c1-8(12(21)9-3-5-10(17)6-4-9)16(14(23)24-2)11(7-18)13(22)19-15(25)20-16/h3-6,8,11H,1-2H3,(H2,19,20,22,25)/t8-,11-,16-/m1/s1. The lowest BCUT2D eigenvalue weighted by atomic mass is 9.70. The second kappa shape index (κ2) is 7.17. The molecule has 25 heavy (non-hydrogen) atoms. The van der Waals surface area contributed by atoms with Gasteiger partial charge < -0.3 is 15.4 Å². The molecule has 1 fully saturated rings. The largest absolute Gasteiger partial charge is 0.467 e. The Labute approximate surface area is 154 Å². The fraction of sp³-hybridized carbons (Fsp3) is 0.312. The molecule has 1 aliphatic rings. The third-order valence-corrected chi connectivity index (χ3v) is 4.59. The minimum atomic E-state index is -1.93. The van der Waals surface area contributed by atoms with Crippen molar-refractivity contribution in [2.24, 2.45) is 11.8 Å². The highest BCUT2D eigenvalue weighted by molar-refractivity contribution is 7.80. The molecule has 9 heteroatoms. The van der Waals surface area contributed by atoms with E-state index in [9.17, 15) is 19.6 Å². The molecule has 0 spiro atoms. The summed E-state index contributed by atoms with van der Waals surface area (Å²) in [4.78, 5) is 37.6. The third kappa shape index (κ3) is 3.21. The molecule has 1 amide bonds. The number of esters is 1. The van der Waals surface area contributed by atoms with E-state index in [-0.39, 0.29) is 10.7 Å². The number of benzene rings is 1. The average Bonchev–Trinajstić information content (AvgIpc) is 2.59. The number of nitrogens with zero attached hydrogens (tertiary/aromatic N) is 1. The molecule has 0 bridgehead atoms. The fourth-order valence-corrected chi connectivity index (χ4v) is 3.18. The molecule has 130 valence electrons. The predicted molar refractivity (Wildman–Crippen MR) is 92.7 cm³/mol. The van der Waals surface area contributed by atoms with Crippen molar-refractivity contribution in [1.82, 2.24) is 10.6 Å². The third-order valence-electron chi connectivity index (χ3n) is 4.13. The number of thiocarbonyl (C=S) groups is 1. The van der Waals surface area contributed by atoms with Crippen LogP contribution in [0.5, 0.6) is 0 Å². The average molecular weight is 380 g/mol. The van der Waals surface area contributed by atoms with Crippen molar-refractivity contribution in [3.05, 3.63) is 34.9 Å². The van der Waals surface area contributed by atoms with Crippen LogP contribution < -0.4 is 10.6 Å². The minimum Gasteiger partial charge on any atom is -0.467 e. The van der Waals surface area contributed by atoms with Crippen molar-refractivity contribution >= 4 is 46.6 Å². The zero-order valence-electron chi connectivity index (χ0n) is 13.3. The Bertz CT molecular complexity index is 790. The fourth-order valence-electron chi connectivity index (χ4n) is 2.79. The molecule has 0 saturated carbocycles. The molecule has 1 aromatic carbocycles. The molecule has 1 aromatic rings. The summed E-state index contributed by atoms with van der Waals surface area (Å²) in [6, 6.07) is 7.81. The Morgan fingerprint density at radius 2 is 2.00 bits per heavy atom. The molecule has 1 aliphatic heterocycles. The van der Waals surface area contributed by atoms with E-state index in [1.165, 1.54) is 31.2 Å². The number of hydrogen-bond acceptors (Lipinski definition) is 6. The Balaban J connectivity index is 2.55. The highest BCUT2D eigenvalue weighted by Crippen LogP contribution is 2.33. The molecule has 0 aromatic heterocycles. The maximum Gasteiger partial charge on any atom is 0.334 e. The quantitative estimate of drug-likeness (QED) is 0.460. The first-order valence-electron chi connectivity index (χ1n) is 7.18. The Hall–Kier alpha value is -2.50. The molecular formula is C16H14ClN3O4S. The van der Waals surface area contributed by atoms with Gasteiger partial charge in [0.25, 0.3) is 0 Å². The molecule has 0 unspecified atom stereocenters. The summed E-state index contributed by atoms with van der Waals surface area (Å²) >= 11 is 10.8. The van der Waals surface area contributed by atoms with Crippen LogP contribution in [-0.2, 0) is 14.3 Å². The van der Waals surface area contributed by atoms with Gasteiger partial charge in [0.15, 0.2) is 22.4 Å². The van der Waals surface area contributed by atoms with Gasteiger partial charge in [0.05, 0.1) is 19.1 Å². The summed E-state index contributed by atoms with van der Waals surface area (Å²) < 4.78 is 4.78. The van der Waals surface area contributed by atoms with Gasteiger partial charge in [-0.2, -0.15) is 5.26 Å². The zero-order valence-corrected chi connectivity index (χ0v) is 14.9. The number of halogens is 1. The number of rotatable bonds is 4. The zero-order chi connectivity index (χ0) is 18.8. The van der Waals surface area contributed by atoms with Crippen molar-refractivity contribution in [2.75, 3.05) is 7.11 Å². The van der Waals surface area contributed by atoms with Gasteiger partial charge >= 0.3 is 5.97 Å². The summed E-state index contributed by atoms with van der Waals surface area (Å²) in [6.07, 6.45) is 0. The number of hydrogen-bond donors (Lipinski definition) is 2. The monoisotopic (exact) mass is 379 g/mol. The van der Waals surface area contributed by atoms with Crippen molar-refractivity contribution in [3.63, 3.8) is 0 Å². The number of Topliss-reactive ketones (excluding diaryl/α,β-unsaturated/α-hetero) is 1. The van der Waals surface area contributed by atoms with Gasteiger partial charge in [0, 0.05) is 10.6 Å². The van der Waals surface area contributed by atoms with E-state index < -0.39 is 35.0 Å². The Kier molecular flexibility index (Phi) is 5.40.